The predicted octanol–water partition coefficient (Wildman–Crippen LogP) is 4.98. The lowest BCUT2D eigenvalue weighted by Crippen LogP contribution is -2.31. The summed E-state index contributed by atoms with van der Waals surface area (Å²) in [4.78, 5) is 24.1. The quantitative estimate of drug-likeness (QED) is 0.290. The van der Waals surface area contributed by atoms with E-state index >= 15 is 0 Å². The van der Waals surface area contributed by atoms with Gasteiger partial charge >= 0.3 is 0 Å². The number of amides is 2. The summed E-state index contributed by atoms with van der Waals surface area (Å²) >= 11 is 7.58. The molecule has 3 rings (SSSR count). The molecule has 0 fully saturated rings. The van der Waals surface area contributed by atoms with E-state index in [-0.39, 0.29) is 30.2 Å². The number of halogens is 1. The van der Waals surface area contributed by atoms with Gasteiger partial charge in [0.05, 0.1) is 18.0 Å². The fourth-order valence-electron chi connectivity index (χ4n) is 2.99. The summed E-state index contributed by atoms with van der Waals surface area (Å²) in [5.41, 5.74) is 5.33. The van der Waals surface area contributed by atoms with E-state index in [0.29, 0.717) is 16.5 Å². The van der Waals surface area contributed by atoms with Gasteiger partial charge in [-0.25, -0.2) is 5.43 Å². The number of hydrazone groups is 1. The van der Waals surface area contributed by atoms with E-state index in [2.05, 4.69) is 15.8 Å². The number of hydrogen-bond donors (Lipinski definition) is 2. The molecule has 176 valence electrons. The van der Waals surface area contributed by atoms with Crippen molar-refractivity contribution in [2.24, 2.45) is 5.10 Å². The van der Waals surface area contributed by atoms with Crippen molar-refractivity contribution in [1.29, 1.82) is 0 Å². The smallest absolute Gasteiger partial charge is 0.258 e. The number of rotatable bonds is 11. The highest BCUT2D eigenvalue weighted by Crippen LogP contribution is 2.20. The maximum atomic E-state index is 12.1. The van der Waals surface area contributed by atoms with Crippen LogP contribution in [0.3, 0.4) is 0 Å². The molecule has 0 saturated heterocycles. The molecule has 1 atom stereocenters. The van der Waals surface area contributed by atoms with Gasteiger partial charge in [-0.05, 0) is 53.9 Å². The minimum absolute atomic E-state index is 0.0769. The van der Waals surface area contributed by atoms with E-state index in [4.69, 9.17) is 16.3 Å². The minimum Gasteiger partial charge on any atom is -0.484 e. The van der Waals surface area contributed by atoms with Crippen LogP contribution < -0.4 is 15.5 Å². The number of nitrogens with zero attached hydrogens (tertiary/aromatic N) is 1. The van der Waals surface area contributed by atoms with E-state index in [9.17, 15) is 9.59 Å². The largest absolute Gasteiger partial charge is 0.484 e. The lowest BCUT2D eigenvalue weighted by atomic mass is 10.1. The molecule has 3 aromatic rings. The number of ether oxygens (including phenoxy) is 1. The van der Waals surface area contributed by atoms with E-state index in [1.807, 2.05) is 61.5 Å². The first-order chi connectivity index (χ1) is 16.5. The fraction of sp³-hybridized carbons (Fsp3) is 0.192. The summed E-state index contributed by atoms with van der Waals surface area (Å²) in [5.74, 6) is 1.11. The van der Waals surface area contributed by atoms with Gasteiger partial charge in [0.25, 0.3) is 5.91 Å². The van der Waals surface area contributed by atoms with Crippen LogP contribution in [0, 0.1) is 0 Å². The molecular formula is C26H26ClN3O3S. The highest BCUT2D eigenvalue weighted by molar-refractivity contribution is 7.99. The van der Waals surface area contributed by atoms with Crippen LogP contribution in [0.15, 0.2) is 84.0 Å². The first kappa shape index (κ1) is 25.3. The van der Waals surface area contributed by atoms with Gasteiger partial charge in [-0.3, -0.25) is 9.59 Å². The Morgan fingerprint density at radius 1 is 1.00 bits per heavy atom. The number of carbonyl (C=O) groups excluding carboxylic acids is 2. The molecule has 2 N–H and O–H groups in total. The Kier molecular flexibility index (Phi) is 10.0. The van der Waals surface area contributed by atoms with E-state index in [0.717, 1.165) is 16.7 Å². The van der Waals surface area contributed by atoms with Crippen molar-refractivity contribution in [3.63, 3.8) is 0 Å². The zero-order valence-electron chi connectivity index (χ0n) is 18.7. The highest BCUT2D eigenvalue weighted by atomic mass is 35.5. The second kappa shape index (κ2) is 13.4. The van der Waals surface area contributed by atoms with Crippen molar-refractivity contribution in [2.45, 2.75) is 18.7 Å². The summed E-state index contributed by atoms with van der Waals surface area (Å²) < 4.78 is 5.55. The zero-order chi connectivity index (χ0) is 24.2. The molecule has 34 heavy (non-hydrogen) atoms. The molecule has 0 aliphatic rings. The molecule has 3 aromatic carbocycles. The molecule has 0 heterocycles. The molecule has 0 aliphatic heterocycles. The molecule has 0 aromatic heterocycles. The maximum absolute atomic E-state index is 12.1. The van der Waals surface area contributed by atoms with E-state index in [1.54, 1.807) is 30.5 Å². The van der Waals surface area contributed by atoms with Crippen LogP contribution in [-0.4, -0.2) is 30.4 Å². The van der Waals surface area contributed by atoms with Crippen LogP contribution in [-0.2, 0) is 15.3 Å². The van der Waals surface area contributed by atoms with Gasteiger partial charge in [0, 0.05) is 10.8 Å². The number of carbonyl (C=O) groups is 2. The molecule has 0 aliphatic carbocycles. The number of nitrogens with one attached hydrogen (secondary N) is 2. The van der Waals surface area contributed by atoms with Crippen molar-refractivity contribution in [3.05, 3.63) is 101 Å². The molecule has 2 amide bonds. The molecule has 0 bridgehead atoms. The van der Waals surface area contributed by atoms with Crippen LogP contribution in [0.5, 0.6) is 5.75 Å². The molecule has 0 saturated carbocycles. The van der Waals surface area contributed by atoms with Crippen molar-refractivity contribution in [1.82, 2.24) is 10.7 Å². The van der Waals surface area contributed by atoms with Gasteiger partial charge in [-0.1, -0.05) is 60.1 Å². The fourth-order valence-corrected chi connectivity index (χ4v) is 4.09. The minimum atomic E-state index is -0.197. The van der Waals surface area contributed by atoms with Crippen LogP contribution >= 0.6 is 23.4 Å². The predicted molar refractivity (Wildman–Crippen MR) is 138 cm³/mol. The summed E-state index contributed by atoms with van der Waals surface area (Å²) in [6.45, 7) is 1.85. The second-order valence-electron chi connectivity index (χ2n) is 7.43. The summed E-state index contributed by atoms with van der Waals surface area (Å²) in [5, 5.41) is 7.59. The van der Waals surface area contributed by atoms with Crippen molar-refractivity contribution < 1.29 is 14.3 Å². The zero-order valence-corrected chi connectivity index (χ0v) is 20.3. The SMILES string of the molecule is C[C@H](NC(=O)COc1ccc(/C=N\NC(=O)CSCc2ccccc2Cl)cc1)c1ccccc1. The van der Waals surface area contributed by atoms with Crippen LogP contribution in [0.2, 0.25) is 5.02 Å². The van der Waals surface area contributed by atoms with E-state index in [1.165, 1.54) is 11.8 Å². The molecule has 8 heteroatoms. The lowest BCUT2D eigenvalue weighted by Gasteiger charge is -2.14. The monoisotopic (exact) mass is 495 g/mol. The highest BCUT2D eigenvalue weighted by Gasteiger charge is 2.09. The van der Waals surface area contributed by atoms with E-state index < -0.39 is 0 Å². The Hall–Kier alpha value is -3.29. The Balaban J connectivity index is 1.35. The third-order valence-electron chi connectivity index (χ3n) is 4.78. The number of hydrogen-bond acceptors (Lipinski definition) is 5. The third-order valence-corrected chi connectivity index (χ3v) is 6.13. The first-order valence-corrected chi connectivity index (χ1v) is 12.2. The average molecular weight is 496 g/mol. The summed E-state index contributed by atoms with van der Waals surface area (Å²) in [6.07, 6.45) is 1.55. The average Bonchev–Trinajstić information content (AvgIpc) is 2.85. The Morgan fingerprint density at radius 2 is 1.71 bits per heavy atom. The molecule has 6 nitrogen and oxygen atoms in total. The van der Waals surface area contributed by atoms with Crippen LogP contribution in [0.1, 0.15) is 29.7 Å². The van der Waals surface area contributed by atoms with Crippen molar-refractivity contribution in [3.8, 4) is 5.75 Å². The third kappa shape index (κ3) is 8.57. The van der Waals surface area contributed by atoms with Crippen molar-refractivity contribution in [2.75, 3.05) is 12.4 Å². The lowest BCUT2D eigenvalue weighted by molar-refractivity contribution is -0.123. The summed E-state index contributed by atoms with van der Waals surface area (Å²) in [6, 6.07) is 24.3. The Labute approximate surface area is 208 Å². The molecule has 0 unspecified atom stereocenters. The standard InChI is InChI=1S/C26H26ClN3O3S/c1-19(21-7-3-2-4-8-21)29-25(31)16-33-23-13-11-20(12-14-23)15-28-30-26(32)18-34-17-22-9-5-6-10-24(22)27/h2-15,19H,16-18H2,1H3,(H,29,31)(H,30,32)/b28-15-/t19-/m0/s1. The van der Waals surface area contributed by atoms with Gasteiger partial charge in [0.15, 0.2) is 6.61 Å². The Bertz CT molecular complexity index is 1110. The maximum Gasteiger partial charge on any atom is 0.258 e. The van der Waals surface area contributed by atoms with Gasteiger partial charge < -0.3 is 10.1 Å². The first-order valence-electron chi connectivity index (χ1n) is 10.7. The topological polar surface area (TPSA) is 79.8 Å². The summed E-state index contributed by atoms with van der Waals surface area (Å²) in [7, 11) is 0. The van der Waals surface area contributed by atoms with Crippen molar-refractivity contribution >= 4 is 41.4 Å². The van der Waals surface area contributed by atoms with Crippen LogP contribution in [0.25, 0.3) is 0 Å². The van der Waals surface area contributed by atoms with Gasteiger partial charge in [0.2, 0.25) is 5.91 Å². The van der Waals surface area contributed by atoms with Gasteiger partial charge in [-0.15, -0.1) is 11.8 Å². The normalized spacial score (nSPS) is 11.7. The molecular weight excluding hydrogens is 470 g/mol. The van der Waals surface area contributed by atoms with Crippen LogP contribution in [0.4, 0.5) is 0 Å². The van der Waals surface area contributed by atoms with Gasteiger partial charge in [0.1, 0.15) is 5.75 Å². The second-order valence-corrected chi connectivity index (χ2v) is 8.83. The molecule has 0 radical (unpaired) electrons. The molecule has 0 spiro atoms. The number of benzene rings is 3. The van der Waals surface area contributed by atoms with Gasteiger partial charge in [-0.2, -0.15) is 5.10 Å². The Morgan fingerprint density at radius 3 is 2.44 bits per heavy atom. The number of thioether (sulfide) groups is 1.